The first-order valence-corrected chi connectivity index (χ1v) is 5.46. The molecule has 0 saturated carbocycles. The van der Waals surface area contributed by atoms with Gasteiger partial charge in [0.05, 0.1) is 11.6 Å². The summed E-state index contributed by atoms with van der Waals surface area (Å²) in [5.41, 5.74) is 0.758. The van der Waals surface area contributed by atoms with Crippen LogP contribution in [0.3, 0.4) is 0 Å². The number of aromatic nitrogens is 2. The number of hydrogen-bond donors (Lipinski definition) is 0. The quantitative estimate of drug-likeness (QED) is 0.592. The van der Waals surface area contributed by atoms with Gasteiger partial charge in [-0.25, -0.2) is 9.97 Å². The third kappa shape index (κ3) is 2.72. The van der Waals surface area contributed by atoms with Gasteiger partial charge in [0.2, 0.25) is 5.95 Å². The highest BCUT2D eigenvalue weighted by Gasteiger charge is 2.07. The van der Waals surface area contributed by atoms with E-state index in [0.717, 1.165) is 18.8 Å². The molecule has 0 atom stereocenters. The van der Waals surface area contributed by atoms with Crippen molar-refractivity contribution in [3.63, 3.8) is 0 Å². The molecule has 0 saturated heterocycles. The van der Waals surface area contributed by atoms with Crippen LogP contribution in [0.25, 0.3) is 0 Å². The van der Waals surface area contributed by atoms with Crippen molar-refractivity contribution in [1.82, 2.24) is 9.97 Å². The molecule has 0 radical (unpaired) electrons. The van der Waals surface area contributed by atoms with E-state index in [4.69, 9.17) is 23.2 Å². The minimum Gasteiger partial charge on any atom is -0.341 e. The molecule has 0 bridgehead atoms. The molecule has 0 fully saturated rings. The Morgan fingerprint density at radius 3 is 2.43 bits per heavy atom. The van der Waals surface area contributed by atoms with E-state index in [1.54, 1.807) is 6.07 Å². The standard InChI is InChI=1S/C9H13Cl2N3/c1-3-14(4-2)9-12-7(6-10)5-8(11)13-9/h5H,3-4,6H2,1-2H3. The zero-order valence-electron chi connectivity index (χ0n) is 8.30. The molecule has 1 rings (SSSR count). The molecule has 0 unspecified atom stereocenters. The van der Waals surface area contributed by atoms with Gasteiger partial charge in [0.15, 0.2) is 0 Å². The van der Waals surface area contributed by atoms with E-state index in [-0.39, 0.29) is 0 Å². The molecule has 0 N–H and O–H groups in total. The summed E-state index contributed by atoms with van der Waals surface area (Å²) in [6.07, 6.45) is 0. The van der Waals surface area contributed by atoms with Gasteiger partial charge in [-0.15, -0.1) is 11.6 Å². The van der Waals surface area contributed by atoms with Crippen LogP contribution >= 0.6 is 23.2 Å². The van der Waals surface area contributed by atoms with Gasteiger partial charge < -0.3 is 4.90 Å². The lowest BCUT2D eigenvalue weighted by molar-refractivity contribution is 0.815. The Balaban J connectivity index is 3.01. The van der Waals surface area contributed by atoms with E-state index in [1.165, 1.54) is 0 Å². The molecule has 78 valence electrons. The average Bonchev–Trinajstić information content (AvgIpc) is 2.19. The molecule has 1 aromatic heterocycles. The van der Waals surface area contributed by atoms with E-state index >= 15 is 0 Å². The lowest BCUT2D eigenvalue weighted by Gasteiger charge is -2.18. The Bertz CT molecular complexity index is 300. The van der Waals surface area contributed by atoms with E-state index < -0.39 is 0 Å². The van der Waals surface area contributed by atoms with Gasteiger partial charge in [0.1, 0.15) is 5.15 Å². The van der Waals surface area contributed by atoms with Crippen molar-refractivity contribution in [2.75, 3.05) is 18.0 Å². The van der Waals surface area contributed by atoms with Gasteiger partial charge in [0.25, 0.3) is 0 Å². The molecular formula is C9H13Cl2N3. The maximum atomic E-state index is 5.85. The number of anilines is 1. The maximum Gasteiger partial charge on any atom is 0.227 e. The normalized spacial score (nSPS) is 10.3. The number of nitrogens with zero attached hydrogens (tertiary/aromatic N) is 3. The number of hydrogen-bond acceptors (Lipinski definition) is 3. The molecular weight excluding hydrogens is 221 g/mol. The van der Waals surface area contributed by atoms with Crippen molar-refractivity contribution >= 4 is 29.2 Å². The van der Waals surface area contributed by atoms with Crippen molar-refractivity contribution in [2.24, 2.45) is 0 Å². The molecule has 0 aliphatic heterocycles. The maximum absolute atomic E-state index is 5.85. The van der Waals surface area contributed by atoms with Gasteiger partial charge in [-0.3, -0.25) is 0 Å². The highest BCUT2D eigenvalue weighted by Crippen LogP contribution is 2.15. The topological polar surface area (TPSA) is 29.0 Å². The van der Waals surface area contributed by atoms with Gasteiger partial charge in [-0.2, -0.15) is 0 Å². The summed E-state index contributed by atoms with van der Waals surface area (Å²) in [6, 6.07) is 1.68. The van der Waals surface area contributed by atoms with Gasteiger partial charge in [-0.1, -0.05) is 11.6 Å². The third-order valence-electron chi connectivity index (χ3n) is 1.92. The third-order valence-corrected chi connectivity index (χ3v) is 2.39. The molecule has 1 heterocycles. The summed E-state index contributed by atoms with van der Waals surface area (Å²) in [5, 5.41) is 0.442. The van der Waals surface area contributed by atoms with Crippen LogP contribution in [0, 0.1) is 0 Å². The Morgan fingerprint density at radius 1 is 1.29 bits per heavy atom. The lowest BCUT2D eigenvalue weighted by atomic mass is 10.4. The molecule has 1 aromatic rings. The second-order valence-electron chi connectivity index (χ2n) is 2.79. The monoisotopic (exact) mass is 233 g/mol. The summed E-state index contributed by atoms with van der Waals surface area (Å²) in [5.74, 6) is 1.01. The fourth-order valence-corrected chi connectivity index (χ4v) is 1.51. The predicted molar refractivity (Wildman–Crippen MR) is 60.2 cm³/mol. The highest BCUT2D eigenvalue weighted by molar-refractivity contribution is 6.29. The molecule has 0 spiro atoms. The Morgan fingerprint density at radius 2 is 1.93 bits per heavy atom. The fraction of sp³-hybridized carbons (Fsp3) is 0.556. The Labute approximate surface area is 94.1 Å². The highest BCUT2D eigenvalue weighted by atomic mass is 35.5. The van der Waals surface area contributed by atoms with Crippen LogP contribution in [0.5, 0.6) is 0 Å². The van der Waals surface area contributed by atoms with Crippen molar-refractivity contribution in [2.45, 2.75) is 19.7 Å². The van der Waals surface area contributed by atoms with Gasteiger partial charge in [0, 0.05) is 13.1 Å². The molecule has 0 aromatic carbocycles. The van der Waals surface area contributed by atoms with Crippen molar-refractivity contribution in [1.29, 1.82) is 0 Å². The first-order valence-electron chi connectivity index (χ1n) is 4.55. The average molecular weight is 234 g/mol. The van der Waals surface area contributed by atoms with Crippen LogP contribution in [0.15, 0.2) is 6.07 Å². The van der Waals surface area contributed by atoms with Crippen LogP contribution < -0.4 is 4.90 Å². The van der Waals surface area contributed by atoms with Gasteiger partial charge >= 0.3 is 0 Å². The summed E-state index contributed by atoms with van der Waals surface area (Å²) >= 11 is 11.5. The lowest BCUT2D eigenvalue weighted by Crippen LogP contribution is -2.24. The number of alkyl halides is 1. The smallest absolute Gasteiger partial charge is 0.227 e. The number of halogens is 2. The molecule has 3 nitrogen and oxygen atoms in total. The first-order chi connectivity index (χ1) is 6.71. The molecule has 0 aliphatic rings. The minimum absolute atomic E-state index is 0.358. The second-order valence-corrected chi connectivity index (χ2v) is 3.44. The predicted octanol–water partition coefficient (Wildman–Crippen LogP) is 2.72. The first kappa shape index (κ1) is 11.5. The van der Waals surface area contributed by atoms with Crippen LogP contribution in [0.4, 0.5) is 5.95 Å². The van der Waals surface area contributed by atoms with Crippen LogP contribution in [0.2, 0.25) is 5.15 Å². The minimum atomic E-state index is 0.358. The van der Waals surface area contributed by atoms with Crippen molar-refractivity contribution in [3.05, 3.63) is 16.9 Å². The molecule has 5 heteroatoms. The SMILES string of the molecule is CCN(CC)c1nc(Cl)cc(CCl)n1. The van der Waals surface area contributed by atoms with E-state index in [2.05, 4.69) is 9.97 Å². The molecule has 0 amide bonds. The Kier molecular flexibility index (Phi) is 4.42. The Hall–Kier alpha value is -0.540. The van der Waals surface area contributed by atoms with Crippen molar-refractivity contribution < 1.29 is 0 Å². The van der Waals surface area contributed by atoms with Crippen LogP contribution in [-0.4, -0.2) is 23.1 Å². The van der Waals surface area contributed by atoms with Crippen LogP contribution in [0.1, 0.15) is 19.5 Å². The number of rotatable bonds is 4. The molecule has 14 heavy (non-hydrogen) atoms. The van der Waals surface area contributed by atoms with Crippen LogP contribution in [-0.2, 0) is 5.88 Å². The van der Waals surface area contributed by atoms with Crippen molar-refractivity contribution in [3.8, 4) is 0 Å². The summed E-state index contributed by atoms with van der Waals surface area (Å²) in [7, 11) is 0. The van der Waals surface area contributed by atoms with E-state index in [1.807, 2.05) is 18.7 Å². The van der Waals surface area contributed by atoms with E-state index in [9.17, 15) is 0 Å². The fourth-order valence-electron chi connectivity index (χ4n) is 1.17. The summed E-state index contributed by atoms with van der Waals surface area (Å²) in [4.78, 5) is 10.5. The second kappa shape index (κ2) is 5.37. The molecule has 0 aliphatic carbocycles. The van der Waals surface area contributed by atoms with Gasteiger partial charge in [-0.05, 0) is 19.9 Å². The zero-order chi connectivity index (χ0) is 10.6. The summed E-state index contributed by atoms with van der Waals surface area (Å²) < 4.78 is 0. The largest absolute Gasteiger partial charge is 0.341 e. The zero-order valence-corrected chi connectivity index (χ0v) is 9.81. The summed E-state index contributed by atoms with van der Waals surface area (Å²) in [6.45, 7) is 5.82. The van der Waals surface area contributed by atoms with E-state index in [0.29, 0.717) is 17.0 Å².